The van der Waals surface area contributed by atoms with Gasteiger partial charge >= 0.3 is 0 Å². The number of rotatable bonds is 5. The van der Waals surface area contributed by atoms with Gasteiger partial charge in [0, 0.05) is 25.7 Å². The molecular formula is C14H21FN2O2S. The smallest absolute Gasteiger partial charge is 0.213 e. The predicted molar refractivity (Wildman–Crippen MR) is 77.3 cm³/mol. The van der Waals surface area contributed by atoms with Gasteiger partial charge in [0.15, 0.2) is 0 Å². The van der Waals surface area contributed by atoms with Crippen LogP contribution in [-0.4, -0.2) is 37.6 Å². The molecule has 1 aromatic carbocycles. The maximum Gasteiger partial charge on any atom is 0.213 e. The molecule has 20 heavy (non-hydrogen) atoms. The van der Waals surface area contributed by atoms with Crippen molar-refractivity contribution < 1.29 is 12.8 Å². The normalized spacial score (nSPS) is 18.3. The zero-order valence-corrected chi connectivity index (χ0v) is 12.5. The predicted octanol–water partition coefficient (Wildman–Crippen LogP) is 1.73. The van der Waals surface area contributed by atoms with Crippen molar-refractivity contribution in [1.82, 2.24) is 9.62 Å². The quantitative estimate of drug-likeness (QED) is 0.901. The highest BCUT2D eigenvalue weighted by atomic mass is 32.2. The second-order valence-corrected chi connectivity index (χ2v) is 7.34. The highest BCUT2D eigenvalue weighted by Gasteiger charge is 2.26. The minimum atomic E-state index is -3.06. The van der Waals surface area contributed by atoms with Crippen molar-refractivity contribution in [3.8, 4) is 0 Å². The lowest BCUT2D eigenvalue weighted by Gasteiger charge is -2.31. The first-order valence-electron chi connectivity index (χ1n) is 6.97. The van der Waals surface area contributed by atoms with Crippen LogP contribution < -0.4 is 5.32 Å². The van der Waals surface area contributed by atoms with Gasteiger partial charge in [0.05, 0.1) is 5.75 Å². The third-order valence-electron chi connectivity index (χ3n) is 3.70. The Bertz CT molecular complexity index is 540. The van der Waals surface area contributed by atoms with Gasteiger partial charge in [-0.1, -0.05) is 12.1 Å². The molecule has 112 valence electrons. The summed E-state index contributed by atoms with van der Waals surface area (Å²) in [4.78, 5) is 0. The van der Waals surface area contributed by atoms with E-state index >= 15 is 0 Å². The molecular weight excluding hydrogens is 279 g/mol. The number of nitrogens with zero attached hydrogens (tertiary/aromatic N) is 1. The number of sulfonamides is 1. The van der Waals surface area contributed by atoms with Crippen molar-refractivity contribution in [2.45, 2.75) is 32.4 Å². The van der Waals surface area contributed by atoms with Crippen molar-refractivity contribution in [3.05, 3.63) is 35.6 Å². The second-order valence-electron chi connectivity index (χ2n) is 5.08. The van der Waals surface area contributed by atoms with Gasteiger partial charge in [0.25, 0.3) is 0 Å². The molecule has 4 nitrogen and oxygen atoms in total. The van der Waals surface area contributed by atoms with Crippen LogP contribution in [0.25, 0.3) is 0 Å². The van der Waals surface area contributed by atoms with Crippen LogP contribution in [0, 0.1) is 5.82 Å². The van der Waals surface area contributed by atoms with Gasteiger partial charge in [-0.2, -0.15) is 0 Å². The van der Waals surface area contributed by atoms with Gasteiger partial charge in [0.1, 0.15) is 5.82 Å². The first-order valence-corrected chi connectivity index (χ1v) is 8.58. The Kier molecular flexibility index (Phi) is 5.12. The Morgan fingerprint density at radius 2 is 2.05 bits per heavy atom. The molecule has 1 aromatic rings. The first kappa shape index (κ1) is 15.4. The molecule has 2 rings (SSSR count). The molecule has 1 aliphatic rings. The van der Waals surface area contributed by atoms with Crippen molar-refractivity contribution in [2.24, 2.45) is 0 Å². The molecule has 1 fully saturated rings. The summed E-state index contributed by atoms with van der Waals surface area (Å²) in [5, 5.41) is 3.37. The number of hydrogen-bond donors (Lipinski definition) is 1. The standard InChI is InChI=1S/C14H21FN2O2S/c1-2-20(18,19)17-8-6-14(7-9-17)16-11-12-4-3-5-13(15)10-12/h3-5,10,14,16H,2,6-9,11H2,1H3. The van der Waals surface area contributed by atoms with Crippen molar-refractivity contribution in [3.63, 3.8) is 0 Å². The lowest BCUT2D eigenvalue weighted by molar-refractivity contribution is 0.289. The molecule has 1 aliphatic heterocycles. The number of piperidine rings is 1. The number of benzene rings is 1. The van der Waals surface area contributed by atoms with E-state index < -0.39 is 10.0 Å². The van der Waals surface area contributed by atoms with Gasteiger partial charge in [-0.3, -0.25) is 0 Å². The lowest BCUT2D eigenvalue weighted by Crippen LogP contribution is -2.45. The van der Waals surface area contributed by atoms with Gasteiger partial charge in [-0.25, -0.2) is 17.1 Å². The Hall–Kier alpha value is -0.980. The van der Waals surface area contributed by atoms with Crippen molar-refractivity contribution in [1.29, 1.82) is 0 Å². The summed E-state index contributed by atoms with van der Waals surface area (Å²) in [6, 6.07) is 6.82. The summed E-state index contributed by atoms with van der Waals surface area (Å²) >= 11 is 0. The molecule has 6 heteroatoms. The third kappa shape index (κ3) is 4.01. The van der Waals surface area contributed by atoms with E-state index in [1.165, 1.54) is 12.1 Å². The van der Waals surface area contributed by atoms with E-state index in [-0.39, 0.29) is 11.6 Å². The van der Waals surface area contributed by atoms with Crippen LogP contribution in [0.5, 0.6) is 0 Å². The summed E-state index contributed by atoms with van der Waals surface area (Å²) < 4.78 is 38.1. The summed E-state index contributed by atoms with van der Waals surface area (Å²) in [5.74, 6) is -0.0675. The van der Waals surface area contributed by atoms with E-state index in [9.17, 15) is 12.8 Å². The van der Waals surface area contributed by atoms with E-state index in [0.717, 1.165) is 18.4 Å². The molecule has 1 N–H and O–H groups in total. The van der Waals surface area contributed by atoms with Crippen LogP contribution in [0.1, 0.15) is 25.3 Å². The average Bonchev–Trinajstić information content (AvgIpc) is 2.46. The molecule has 0 aromatic heterocycles. The maximum absolute atomic E-state index is 13.1. The van der Waals surface area contributed by atoms with E-state index in [4.69, 9.17) is 0 Å². The molecule has 1 heterocycles. The SMILES string of the molecule is CCS(=O)(=O)N1CCC(NCc2cccc(F)c2)CC1. The number of halogens is 1. The maximum atomic E-state index is 13.1. The minimum Gasteiger partial charge on any atom is -0.310 e. The Labute approximate surface area is 120 Å². The lowest BCUT2D eigenvalue weighted by atomic mass is 10.1. The summed E-state index contributed by atoms with van der Waals surface area (Å²) in [6.45, 7) is 3.42. The van der Waals surface area contributed by atoms with E-state index in [2.05, 4.69) is 5.32 Å². The van der Waals surface area contributed by atoms with Crippen LogP contribution in [0.15, 0.2) is 24.3 Å². The molecule has 0 radical (unpaired) electrons. The van der Waals surface area contributed by atoms with E-state index in [1.54, 1.807) is 17.3 Å². The molecule has 0 spiro atoms. The minimum absolute atomic E-state index is 0.161. The van der Waals surface area contributed by atoms with Crippen LogP contribution >= 0.6 is 0 Å². The summed E-state index contributed by atoms with van der Waals surface area (Å²) in [5.41, 5.74) is 0.911. The monoisotopic (exact) mass is 300 g/mol. The second kappa shape index (κ2) is 6.65. The fraction of sp³-hybridized carbons (Fsp3) is 0.571. The van der Waals surface area contributed by atoms with E-state index in [0.29, 0.717) is 25.7 Å². The van der Waals surface area contributed by atoms with Crippen molar-refractivity contribution in [2.75, 3.05) is 18.8 Å². The Morgan fingerprint density at radius 3 is 2.65 bits per heavy atom. The van der Waals surface area contributed by atoms with E-state index in [1.807, 2.05) is 6.07 Å². The first-order chi connectivity index (χ1) is 9.51. The Balaban J connectivity index is 1.80. The third-order valence-corrected chi connectivity index (χ3v) is 5.58. The molecule has 1 saturated heterocycles. The van der Waals surface area contributed by atoms with Gasteiger partial charge in [-0.15, -0.1) is 0 Å². The molecule has 0 saturated carbocycles. The molecule has 0 aliphatic carbocycles. The van der Waals surface area contributed by atoms with Crippen LogP contribution in [0.4, 0.5) is 4.39 Å². The largest absolute Gasteiger partial charge is 0.310 e. The molecule has 0 atom stereocenters. The van der Waals surface area contributed by atoms with Gasteiger partial charge in [0.2, 0.25) is 10.0 Å². The molecule has 0 amide bonds. The number of nitrogens with one attached hydrogen (secondary N) is 1. The van der Waals surface area contributed by atoms with Crippen LogP contribution in [0.3, 0.4) is 0 Å². The van der Waals surface area contributed by atoms with Gasteiger partial charge < -0.3 is 5.32 Å². The highest BCUT2D eigenvalue weighted by Crippen LogP contribution is 2.15. The van der Waals surface area contributed by atoms with Crippen molar-refractivity contribution >= 4 is 10.0 Å². The zero-order valence-electron chi connectivity index (χ0n) is 11.7. The van der Waals surface area contributed by atoms with Gasteiger partial charge in [-0.05, 0) is 37.5 Å². The Morgan fingerprint density at radius 1 is 1.35 bits per heavy atom. The number of hydrogen-bond acceptors (Lipinski definition) is 3. The highest BCUT2D eigenvalue weighted by molar-refractivity contribution is 7.89. The topological polar surface area (TPSA) is 49.4 Å². The summed E-state index contributed by atoms with van der Waals surface area (Å²) in [7, 11) is -3.06. The average molecular weight is 300 g/mol. The zero-order chi connectivity index (χ0) is 14.6. The molecule has 0 unspecified atom stereocenters. The fourth-order valence-corrected chi connectivity index (χ4v) is 3.56. The van der Waals surface area contributed by atoms with Crippen LogP contribution in [-0.2, 0) is 16.6 Å². The summed E-state index contributed by atoms with van der Waals surface area (Å²) in [6.07, 6.45) is 1.60. The molecule has 0 bridgehead atoms. The fourth-order valence-electron chi connectivity index (χ4n) is 2.43. The van der Waals surface area contributed by atoms with Crippen LogP contribution in [0.2, 0.25) is 0 Å².